The Bertz CT molecular complexity index is 810. The highest BCUT2D eigenvalue weighted by molar-refractivity contribution is 5.76. The van der Waals surface area contributed by atoms with Crippen molar-refractivity contribution in [3.8, 4) is 0 Å². The van der Waals surface area contributed by atoms with Crippen molar-refractivity contribution in [2.24, 2.45) is 5.73 Å². The second-order valence-corrected chi connectivity index (χ2v) is 6.14. The van der Waals surface area contributed by atoms with Crippen molar-refractivity contribution in [1.29, 1.82) is 0 Å². The van der Waals surface area contributed by atoms with E-state index in [0.717, 1.165) is 17.0 Å². The van der Waals surface area contributed by atoms with Gasteiger partial charge in [-0.25, -0.2) is 9.50 Å². The summed E-state index contributed by atoms with van der Waals surface area (Å²) in [5, 5.41) is 2.73. The van der Waals surface area contributed by atoms with Crippen LogP contribution in [0.2, 0.25) is 0 Å². The van der Waals surface area contributed by atoms with Crippen LogP contribution in [0.4, 0.5) is 0 Å². The number of ether oxygens (including phenoxy) is 1. The zero-order valence-corrected chi connectivity index (χ0v) is 14.0. The predicted molar refractivity (Wildman–Crippen MR) is 89.0 cm³/mol. The quantitative estimate of drug-likeness (QED) is 0.803. The van der Waals surface area contributed by atoms with Crippen molar-refractivity contribution < 1.29 is 9.53 Å². The molecule has 3 heterocycles. The summed E-state index contributed by atoms with van der Waals surface area (Å²) < 4.78 is 7.17. The van der Waals surface area contributed by atoms with Gasteiger partial charge in [0.25, 0.3) is 5.56 Å². The Morgan fingerprint density at radius 3 is 3.04 bits per heavy atom. The van der Waals surface area contributed by atoms with Gasteiger partial charge < -0.3 is 15.4 Å². The molecule has 1 aliphatic heterocycles. The summed E-state index contributed by atoms with van der Waals surface area (Å²) in [6, 6.07) is 1.47. The molecule has 1 amide bonds. The van der Waals surface area contributed by atoms with Gasteiger partial charge in [0.15, 0.2) is 5.65 Å². The lowest BCUT2D eigenvalue weighted by Crippen LogP contribution is -2.48. The molecule has 24 heavy (non-hydrogen) atoms. The van der Waals surface area contributed by atoms with E-state index in [1.807, 2.05) is 18.7 Å². The highest BCUT2D eigenvalue weighted by atomic mass is 16.5. The van der Waals surface area contributed by atoms with Crippen LogP contribution < -0.4 is 11.3 Å². The minimum absolute atomic E-state index is 0.0749. The fraction of sp³-hybridized carbons (Fsp3) is 0.562. The lowest BCUT2D eigenvalue weighted by Gasteiger charge is -2.32. The molecular formula is C16H23N5O3. The number of carbonyl (C=O) groups is 1. The van der Waals surface area contributed by atoms with Gasteiger partial charge in [0.05, 0.1) is 12.7 Å². The van der Waals surface area contributed by atoms with Crippen LogP contribution in [0.25, 0.3) is 5.65 Å². The van der Waals surface area contributed by atoms with Crippen molar-refractivity contribution in [3.63, 3.8) is 0 Å². The van der Waals surface area contributed by atoms with Crippen LogP contribution in [0.3, 0.4) is 0 Å². The van der Waals surface area contributed by atoms with Crippen LogP contribution in [-0.2, 0) is 16.0 Å². The Hall–Kier alpha value is -2.19. The molecule has 8 heteroatoms. The van der Waals surface area contributed by atoms with Gasteiger partial charge in [-0.15, -0.1) is 0 Å². The summed E-state index contributed by atoms with van der Waals surface area (Å²) in [7, 11) is 0. The van der Waals surface area contributed by atoms with E-state index in [1.165, 1.54) is 6.07 Å². The first-order valence-corrected chi connectivity index (χ1v) is 8.17. The summed E-state index contributed by atoms with van der Waals surface area (Å²) in [6.45, 7) is 5.94. The molecule has 3 rings (SSSR count). The maximum absolute atomic E-state index is 12.5. The minimum atomic E-state index is -0.181. The van der Waals surface area contributed by atoms with Crippen molar-refractivity contribution in [2.45, 2.75) is 32.8 Å². The van der Waals surface area contributed by atoms with Crippen LogP contribution in [0.15, 0.2) is 10.9 Å². The third-order valence-corrected chi connectivity index (χ3v) is 4.55. The zero-order chi connectivity index (χ0) is 17.3. The van der Waals surface area contributed by atoms with Gasteiger partial charge >= 0.3 is 0 Å². The molecule has 0 aliphatic carbocycles. The number of nitrogens with one attached hydrogen (secondary N) is 1. The Labute approximate surface area is 139 Å². The number of carbonyl (C=O) groups excluding carboxylic acids is 1. The molecule has 1 aliphatic rings. The molecule has 2 aromatic heterocycles. The number of hydrogen-bond acceptors (Lipinski definition) is 5. The van der Waals surface area contributed by atoms with Crippen LogP contribution in [-0.4, -0.2) is 57.8 Å². The number of aromatic amines is 1. The molecule has 1 atom stereocenters. The van der Waals surface area contributed by atoms with Crippen LogP contribution in [0.5, 0.6) is 0 Å². The van der Waals surface area contributed by atoms with E-state index in [1.54, 1.807) is 4.52 Å². The molecule has 3 N–H and O–H groups in total. The van der Waals surface area contributed by atoms with Gasteiger partial charge in [0, 0.05) is 43.5 Å². The maximum atomic E-state index is 12.5. The van der Waals surface area contributed by atoms with Crippen LogP contribution in [0.1, 0.15) is 23.4 Å². The molecule has 0 aromatic carbocycles. The fourth-order valence-corrected chi connectivity index (χ4v) is 3.20. The van der Waals surface area contributed by atoms with Crippen LogP contribution >= 0.6 is 0 Å². The smallest absolute Gasteiger partial charge is 0.266 e. The molecule has 0 bridgehead atoms. The molecular weight excluding hydrogens is 310 g/mol. The second kappa shape index (κ2) is 6.74. The highest BCUT2D eigenvalue weighted by Crippen LogP contribution is 2.16. The van der Waals surface area contributed by atoms with Crippen molar-refractivity contribution in [2.75, 3.05) is 26.2 Å². The van der Waals surface area contributed by atoms with Gasteiger partial charge in [-0.2, -0.15) is 0 Å². The topological polar surface area (TPSA) is 106 Å². The van der Waals surface area contributed by atoms with E-state index < -0.39 is 0 Å². The van der Waals surface area contributed by atoms with Gasteiger partial charge in [-0.05, 0) is 25.8 Å². The highest BCUT2D eigenvalue weighted by Gasteiger charge is 2.23. The standard InChI is InChI=1S/C16H23N5O3/c1-10-13(11(2)21-14(18-10)7-15(22)19-21)3-4-16(23)20-5-6-24-12(8-17)9-20/h7,12H,3-6,8-9,17H2,1-2H3,(H,19,22). The average molecular weight is 333 g/mol. The largest absolute Gasteiger partial charge is 0.373 e. The summed E-state index contributed by atoms with van der Waals surface area (Å²) in [5.74, 6) is 0.0941. The van der Waals surface area contributed by atoms with Gasteiger partial charge in [-0.1, -0.05) is 0 Å². The number of morpholine rings is 1. The normalized spacial score (nSPS) is 18.3. The number of aryl methyl sites for hydroxylation is 2. The number of aromatic nitrogens is 3. The molecule has 1 saturated heterocycles. The van der Waals surface area contributed by atoms with E-state index in [9.17, 15) is 9.59 Å². The SMILES string of the molecule is Cc1nc2cc(=O)[nH]n2c(C)c1CCC(=O)N1CCOC(CN)C1. The first kappa shape index (κ1) is 16.7. The summed E-state index contributed by atoms with van der Waals surface area (Å²) in [5.41, 5.74) is 8.79. The maximum Gasteiger partial charge on any atom is 0.266 e. The Morgan fingerprint density at radius 1 is 1.50 bits per heavy atom. The van der Waals surface area contributed by atoms with Crippen molar-refractivity contribution in [3.05, 3.63) is 33.4 Å². The van der Waals surface area contributed by atoms with E-state index >= 15 is 0 Å². The van der Waals surface area contributed by atoms with E-state index in [2.05, 4.69) is 10.1 Å². The summed E-state index contributed by atoms with van der Waals surface area (Å²) in [4.78, 5) is 30.2. The van der Waals surface area contributed by atoms with Gasteiger partial charge in [-0.3, -0.25) is 14.7 Å². The average Bonchev–Trinajstić information content (AvgIpc) is 2.95. The molecule has 2 aromatic rings. The Morgan fingerprint density at radius 2 is 2.29 bits per heavy atom. The first-order chi connectivity index (χ1) is 11.5. The van der Waals surface area contributed by atoms with E-state index in [0.29, 0.717) is 44.7 Å². The predicted octanol–water partition coefficient (Wildman–Crippen LogP) is -0.242. The number of nitrogens with zero attached hydrogens (tertiary/aromatic N) is 3. The molecule has 8 nitrogen and oxygen atoms in total. The monoisotopic (exact) mass is 333 g/mol. The zero-order valence-electron chi connectivity index (χ0n) is 14.0. The summed E-state index contributed by atoms with van der Waals surface area (Å²) in [6.07, 6.45) is 0.913. The molecule has 0 radical (unpaired) electrons. The van der Waals surface area contributed by atoms with Crippen LogP contribution in [0, 0.1) is 13.8 Å². The number of H-pyrrole nitrogens is 1. The Kier molecular flexibility index (Phi) is 4.68. The lowest BCUT2D eigenvalue weighted by atomic mass is 10.1. The molecule has 130 valence electrons. The molecule has 0 saturated carbocycles. The third kappa shape index (κ3) is 3.20. The lowest BCUT2D eigenvalue weighted by molar-refractivity contribution is -0.138. The van der Waals surface area contributed by atoms with Gasteiger partial charge in [0.1, 0.15) is 0 Å². The number of fused-ring (bicyclic) bond motifs is 1. The number of rotatable bonds is 4. The number of amides is 1. The molecule has 0 spiro atoms. The van der Waals surface area contributed by atoms with Crippen molar-refractivity contribution >= 4 is 11.6 Å². The number of hydrogen-bond donors (Lipinski definition) is 2. The first-order valence-electron chi connectivity index (χ1n) is 8.17. The second-order valence-electron chi connectivity index (χ2n) is 6.14. The molecule has 1 unspecified atom stereocenters. The molecule has 1 fully saturated rings. The fourth-order valence-electron chi connectivity index (χ4n) is 3.20. The third-order valence-electron chi connectivity index (χ3n) is 4.55. The van der Waals surface area contributed by atoms with Crippen molar-refractivity contribution in [1.82, 2.24) is 19.5 Å². The minimum Gasteiger partial charge on any atom is -0.373 e. The van der Waals surface area contributed by atoms with E-state index in [4.69, 9.17) is 10.5 Å². The van der Waals surface area contributed by atoms with Gasteiger partial charge in [0.2, 0.25) is 5.91 Å². The number of nitrogens with two attached hydrogens (primary N) is 1. The Balaban J connectivity index is 1.73. The van der Waals surface area contributed by atoms with E-state index in [-0.39, 0.29) is 17.6 Å². The summed E-state index contributed by atoms with van der Waals surface area (Å²) >= 11 is 0.